The summed E-state index contributed by atoms with van der Waals surface area (Å²) < 4.78 is 18.4. The van der Waals surface area contributed by atoms with Gasteiger partial charge in [-0.25, -0.2) is 4.39 Å². The number of nitrogen functional groups attached to an aromatic ring is 1. The lowest BCUT2D eigenvalue weighted by molar-refractivity contribution is 0.307. The standard InChI is InChI=1S/C13H11ClFNO/c14-10-4-5-13(12(16)7-10)17-8-9-2-1-3-11(15)6-9/h1-7H,8,16H2. The minimum absolute atomic E-state index is 0.267. The van der Waals surface area contributed by atoms with Crippen molar-refractivity contribution in [2.75, 3.05) is 5.73 Å². The highest BCUT2D eigenvalue weighted by atomic mass is 35.5. The summed E-state index contributed by atoms with van der Waals surface area (Å²) in [5.74, 6) is 0.258. The van der Waals surface area contributed by atoms with Crippen molar-refractivity contribution in [1.29, 1.82) is 0 Å². The summed E-state index contributed by atoms with van der Waals surface area (Å²) in [5, 5.41) is 0.556. The minimum atomic E-state index is -0.282. The second kappa shape index (κ2) is 5.06. The number of halogens is 2. The second-order valence-electron chi connectivity index (χ2n) is 3.60. The van der Waals surface area contributed by atoms with Crippen molar-refractivity contribution in [2.24, 2.45) is 0 Å². The van der Waals surface area contributed by atoms with Crippen molar-refractivity contribution in [3.05, 3.63) is 58.9 Å². The zero-order valence-electron chi connectivity index (χ0n) is 8.99. The van der Waals surface area contributed by atoms with Crippen LogP contribution < -0.4 is 10.5 Å². The second-order valence-corrected chi connectivity index (χ2v) is 4.04. The third kappa shape index (κ3) is 3.11. The van der Waals surface area contributed by atoms with Crippen LogP contribution in [0.25, 0.3) is 0 Å². The number of hydrogen-bond donors (Lipinski definition) is 1. The van der Waals surface area contributed by atoms with Crippen molar-refractivity contribution < 1.29 is 9.13 Å². The van der Waals surface area contributed by atoms with E-state index in [2.05, 4.69) is 0 Å². The topological polar surface area (TPSA) is 35.2 Å². The van der Waals surface area contributed by atoms with Crippen LogP contribution in [0.15, 0.2) is 42.5 Å². The molecule has 0 atom stereocenters. The monoisotopic (exact) mass is 251 g/mol. The number of ether oxygens (including phenoxy) is 1. The van der Waals surface area contributed by atoms with E-state index in [0.29, 0.717) is 16.5 Å². The van der Waals surface area contributed by atoms with Gasteiger partial charge >= 0.3 is 0 Å². The largest absolute Gasteiger partial charge is 0.487 e. The first kappa shape index (κ1) is 11.7. The fraction of sp³-hybridized carbons (Fsp3) is 0.0769. The number of rotatable bonds is 3. The molecule has 0 aromatic heterocycles. The molecular formula is C13H11ClFNO. The van der Waals surface area contributed by atoms with E-state index in [-0.39, 0.29) is 12.4 Å². The molecule has 0 saturated heterocycles. The highest BCUT2D eigenvalue weighted by Gasteiger charge is 2.02. The summed E-state index contributed by atoms with van der Waals surface area (Å²) in [6, 6.07) is 11.2. The molecule has 0 aliphatic carbocycles. The molecule has 17 heavy (non-hydrogen) atoms. The lowest BCUT2D eigenvalue weighted by atomic mass is 10.2. The van der Waals surface area contributed by atoms with Gasteiger partial charge < -0.3 is 10.5 Å². The van der Waals surface area contributed by atoms with Crippen molar-refractivity contribution in [2.45, 2.75) is 6.61 Å². The molecule has 0 heterocycles. The third-order valence-electron chi connectivity index (χ3n) is 2.26. The van der Waals surface area contributed by atoms with Crippen molar-refractivity contribution >= 4 is 17.3 Å². The maximum atomic E-state index is 12.9. The molecule has 0 bridgehead atoms. The molecule has 0 unspecified atom stereocenters. The van der Waals surface area contributed by atoms with Crippen LogP contribution >= 0.6 is 11.6 Å². The summed E-state index contributed by atoms with van der Waals surface area (Å²) in [7, 11) is 0. The van der Waals surface area contributed by atoms with Crippen LogP contribution in [0.5, 0.6) is 5.75 Å². The van der Waals surface area contributed by atoms with Gasteiger partial charge in [0, 0.05) is 5.02 Å². The van der Waals surface area contributed by atoms with Gasteiger partial charge in [-0.15, -0.1) is 0 Å². The van der Waals surface area contributed by atoms with E-state index < -0.39 is 0 Å². The fourth-order valence-electron chi connectivity index (χ4n) is 1.44. The summed E-state index contributed by atoms with van der Waals surface area (Å²) in [6.07, 6.45) is 0. The van der Waals surface area contributed by atoms with Crippen LogP contribution in [0.2, 0.25) is 5.02 Å². The molecule has 2 N–H and O–H groups in total. The smallest absolute Gasteiger partial charge is 0.142 e. The van der Waals surface area contributed by atoms with E-state index in [4.69, 9.17) is 22.1 Å². The molecule has 0 aliphatic rings. The van der Waals surface area contributed by atoms with E-state index >= 15 is 0 Å². The van der Waals surface area contributed by atoms with E-state index in [9.17, 15) is 4.39 Å². The molecule has 2 rings (SSSR count). The normalized spacial score (nSPS) is 10.2. The van der Waals surface area contributed by atoms with Crippen molar-refractivity contribution in [3.8, 4) is 5.75 Å². The minimum Gasteiger partial charge on any atom is -0.487 e. The molecular weight excluding hydrogens is 241 g/mol. The Hall–Kier alpha value is -1.74. The molecule has 2 aromatic rings. The Labute approximate surface area is 104 Å². The predicted octanol–water partition coefficient (Wildman–Crippen LogP) is 3.64. The van der Waals surface area contributed by atoms with Crippen LogP contribution in [0.4, 0.5) is 10.1 Å². The van der Waals surface area contributed by atoms with Crippen molar-refractivity contribution in [1.82, 2.24) is 0 Å². The van der Waals surface area contributed by atoms with Crippen LogP contribution in [-0.2, 0) is 6.61 Å². The van der Waals surface area contributed by atoms with Gasteiger partial charge in [0.05, 0.1) is 5.69 Å². The zero-order valence-corrected chi connectivity index (χ0v) is 9.75. The SMILES string of the molecule is Nc1cc(Cl)ccc1OCc1cccc(F)c1. The van der Waals surface area contributed by atoms with Crippen LogP contribution in [-0.4, -0.2) is 0 Å². The number of hydrogen-bond acceptors (Lipinski definition) is 2. The average molecular weight is 252 g/mol. The fourth-order valence-corrected chi connectivity index (χ4v) is 1.62. The first-order chi connectivity index (χ1) is 8.15. The van der Waals surface area contributed by atoms with E-state index in [1.54, 1.807) is 30.3 Å². The van der Waals surface area contributed by atoms with Gasteiger partial charge in [-0.05, 0) is 35.9 Å². The molecule has 0 radical (unpaired) electrons. The number of nitrogens with two attached hydrogens (primary N) is 1. The van der Waals surface area contributed by atoms with E-state index in [1.165, 1.54) is 12.1 Å². The van der Waals surface area contributed by atoms with Gasteiger partial charge in [-0.3, -0.25) is 0 Å². The lowest BCUT2D eigenvalue weighted by Gasteiger charge is -2.09. The van der Waals surface area contributed by atoms with Gasteiger partial charge in [0.1, 0.15) is 18.2 Å². The third-order valence-corrected chi connectivity index (χ3v) is 2.49. The average Bonchev–Trinajstić information content (AvgIpc) is 2.28. The highest BCUT2D eigenvalue weighted by molar-refractivity contribution is 6.30. The Morgan fingerprint density at radius 3 is 2.71 bits per heavy atom. The van der Waals surface area contributed by atoms with Gasteiger partial charge in [-0.2, -0.15) is 0 Å². The molecule has 0 amide bonds. The van der Waals surface area contributed by atoms with Crippen LogP contribution in [0.3, 0.4) is 0 Å². The predicted molar refractivity (Wildman–Crippen MR) is 66.6 cm³/mol. The molecule has 0 aliphatic heterocycles. The Kier molecular flexibility index (Phi) is 3.49. The van der Waals surface area contributed by atoms with E-state index in [0.717, 1.165) is 5.56 Å². The quantitative estimate of drug-likeness (QED) is 0.846. The van der Waals surface area contributed by atoms with Gasteiger partial charge in [0.15, 0.2) is 0 Å². The van der Waals surface area contributed by atoms with Crippen molar-refractivity contribution in [3.63, 3.8) is 0 Å². The maximum absolute atomic E-state index is 12.9. The first-order valence-electron chi connectivity index (χ1n) is 5.07. The molecule has 88 valence electrons. The summed E-state index contributed by atoms with van der Waals surface area (Å²) in [5.41, 5.74) is 6.95. The molecule has 4 heteroatoms. The van der Waals surface area contributed by atoms with E-state index in [1.807, 2.05) is 0 Å². The maximum Gasteiger partial charge on any atom is 0.142 e. The highest BCUT2D eigenvalue weighted by Crippen LogP contribution is 2.25. The first-order valence-corrected chi connectivity index (χ1v) is 5.45. The summed E-state index contributed by atoms with van der Waals surface area (Å²) >= 11 is 5.77. The van der Waals surface area contributed by atoms with Gasteiger partial charge in [0.2, 0.25) is 0 Å². The molecule has 2 aromatic carbocycles. The molecule has 0 fully saturated rings. The Bertz CT molecular complexity index is 531. The lowest BCUT2D eigenvalue weighted by Crippen LogP contribution is -1.98. The molecule has 0 saturated carbocycles. The summed E-state index contributed by atoms with van der Waals surface area (Å²) in [4.78, 5) is 0. The van der Waals surface area contributed by atoms with Gasteiger partial charge in [-0.1, -0.05) is 23.7 Å². The Balaban J connectivity index is 2.07. The van der Waals surface area contributed by atoms with Gasteiger partial charge in [0.25, 0.3) is 0 Å². The summed E-state index contributed by atoms with van der Waals surface area (Å²) in [6.45, 7) is 0.267. The Morgan fingerprint density at radius 2 is 2.00 bits per heavy atom. The Morgan fingerprint density at radius 1 is 1.18 bits per heavy atom. The zero-order chi connectivity index (χ0) is 12.3. The number of anilines is 1. The number of benzene rings is 2. The molecule has 2 nitrogen and oxygen atoms in total. The van der Waals surface area contributed by atoms with Crippen LogP contribution in [0.1, 0.15) is 5.56 Å². The van der Waals surface area contributed by atoms with Crippen LogP contribution in [0, 0.1) is 5.82 Å². The molecule has 0 spiro atoms.